The van der Waals surface area contributed by atoms with Gasteiger partial charge >= 0.3 is 17.9 Å². The number of aliphatic carboxylic acids is 3. The zero-order valence-corrected chi connectivity index (χ0v) is 18.8. The smallest absolute Gasteiger partial charge is 0.326 e. The molecule has 0 aromatic carbocycles. The van der Waals surface area contributed by atoms with Gasteiger partial charge in [-0.3, -0.25) is 24.0 Å². The summed E-state index contributed by atoms with van der Waals surface area (Å²) in [5.74, 6) is -6.91. The summed E-state index contributed by atoms with van der Waals surface area (Å²) in [7, 11) is 0. The van der Waals surface area contributed by atoms with Gasteiger partial charge in [0.1, 0.15) is 18.1 Å². The first-order valence-corrected chi connectivity index (χ1v) is 10.7. The maximum Gasteiger partial charge on any atom is 0.326 e. The molecule has 4 unspecified atom stereocenters. The topological polar surface area (TPSA) is 251 Å². The summed E-state index contributed by atoms with van der Waals surface area (Å²) in [6, 6.07) is -5.45. The summed E-state index contributed by atoms with van der Waals surface area (Å²) in [6.07, 6.45) is -0.513. The van der Waals surface area contributed by atoms with Gasteiger partial charge in [-0.25, -0.2) is 4.79 Å². The van der Waals surface area contributed by atoms with E-state index in [1.165, 1.54) is 0 Å². The molecular formula is C18H31N5O9S. The molecule has 0 aliphatic heterocycles. The number of amides is 3. The number of nitrogens with two attached hydrogens (primary N) is 2. The molecule has 0 aromatic rings. The molecule has 0 radical (unpaired) electrons. The third kappa shape index (κ3) is 12.6. The summed E-state index contributed by atoms with van der Waals surface area (Å²) in [5.41, 5.74) is 10.8. The molecule has 0 heterocycles. The van der Waals surface area contributed by atoms with Crippen molar-refractivity contribution in [3.05, 3.63) is 0 Å². The van der Waals surface area contributed by atoms with Crippen molar-refractivity contribution in [2.24, 2.45) is 11.5 Å². The molecule has 0 bridgehead atoms. The highest BCUT2D eigenvalue weighted by molar-refractivity contribution is 7.80. The van der Waals surface area contributed by atoms with Gasteiger partial charge < -0.3 is 42.7 Å². The molecule has 0 aliphatic rings. The van der Waals surface area contributed by atoms with Crippen molar-refractivity contribution in [1.82, 2.24) is 16.0 Å². The molecular weight excluding hydrogens is 462 g/mol. The Bertz CT molecular complexity index is 721. The molecule has 14 nitrogen and oxygen atoms in total. The molecule has 15 heteroatoms. The van der Waals surface area contributed by atoms with E-state index in [1.54, 1.807) is 0 Å². The van der Waals surface area contributed by atoms with Crippen LogP contribution in [0, 0.1) is 0 Å². The van der Waals surface area contributed by atoms with Gasteiger partial charge in [0.25, 0.3) is 0 Å². The van der Waals surface area contributed by atoms with E-state index < -0.39 is 72.6 Å². The Kier molecular flexibility index (Phi) is 14.4. The maximum absolute atomic E-state index is 12.6. The van der Waals surface area contributed by atoms with E-state index >= 15 is 0 Å². The number of carboxylic acids is 3. The molecule has 33 heavy (non-hydrogen) atoms. The quantitative estimate of drug-likeness (QED) is 0.0741. The Balaban J connectivity index is 5.30. The molecule has 10 N–H and O–H groups in total. The van der Waals surface area contributed by atoms with E-state index in [9.17, 15) is 33.9 Å². The lowest BCUT2D eigenvalue weighted by molar-refractivity contribution is -0.143. The fraction of sp³-hybridized carbons (Fsp3) is 0.667. The zero-order valence-electron chi connectivity index (χ0n) is 17.9. The van der Waals surface area contributed by atoms with Crippen LogP contribution in [0.3, 0.4) is 0 Å². The van der Waals surface area contributed by atoms with Crippen LogP contribution < -0.4 is 27.4 Å². The largest absolute Gasteiger partial charge is 0.481 e. The van der Waals surface area contributed by atoms with Gasteiger partial charge in [0.15, 0.2) is 0 Å². The van der Waals surface area contributed by atoms with E-state index in [0.717, 1.165) is 0 Å². The van der Waals surface area contributed by atoms with Gasteiger partial charge in [-0.05, 0) is 32.2 Å². The molecule has 0 spiro atoms. The van der Waals surface area contributed by atoms with Gasteiger partial charge in [-0.1, -0.05) is 0 Å². The third-order valence-corrected chi connectivity index (χ3v) is 4.75. The van der Waals surface area contributed by atoms with E-state index in [0.29, 0.717) is 19.4 Å². The van der Waals surface area contributed by atoms with Crippen LogP contribution >= 0.6 is 12.6 Å². The van der Waals surface area contributed by atoms with Gasteiger partial charge in [-0.2, -0.15) is 12.6 Å². The summed E-state index contributed by atoms with van der Waals surface area (Å²) >= 11 is 3.94. The average Bonchev–Trinajstić information content (AvgIpc) is 2.72. The lowest BCUT2D eigenvalue weighted by Crippen LogP contribution is -2.57. The minimum Gasteiger partial charge on any atom is -0.481 e. The van der Waals surface area contributed by atoms with Crippen molar-refractivity contribution in [3.63, 3.8) is 0 Å². The fourth-order valence-corrected chi connectivity index (χ4v) is 2.84. The fourth-order valence-electron chi connectivity index (χ4n) is 2.59. The van der Waals surface area contributed by atoms with Crippen LogP contribution in [0.5, 0.6) is 0 Å². The van der Waals surface area contributed by atoms with E-state index in [2.05, 4.69) is 28.6 Å². The molecule has 0 fully saturated rings. The van der Waals surface area contributed by atoms with Crippen molar-refractivity contribution >= 4 is 48.3 Å². The average molecular weight is 494 g/mol. The summed E-state index contributed by atoms with van der Waals surface area (Å²) in [6.45, 7) is 0.338. The highest BCUT2D eigenvalue weighted by Gasteiger charge is 2.30. The Morgan fingerprint density at radius 3 is 1.79 bits per heavy atom. The second-order valence-electron chi connectivity index (χ2n) is 7.13. The van der Waals surface area contributed by atoms with Crippen LogP contribution in [0.1, 0.15) is 38.5 Å². The Hall–Kier alpha value is -2.91. The Morgan fingerprint density at radius 2 is 1.30 bits per heavy atom. The number of carbonyl (C=O) groups is 6. The number of rotatable bonds is 17. The van der Waals surface area contributed by atoms with Crippen molar-refractivity contribution in [3.8, 4) is 0 Å². The zero-order chi connectivity index (χ0) is 25.6. The van der Waals surface area contributed by atoms with E-state index in [1.807, 2.05) is 0 Å². The predicted octanol–water partition coefficient (Wildman–Crippen LogP) is -2.75. The summed E-state index contributed by atoms with van der Waals surface area (Å²) in [5, 5.41) is 33.7. The van der Waals surface area contributed by atoms with Crippen LogP contribution in [-0.2, 0) is 28.8 Å². The molecule has 3 amide bonds. The number of hydrogen-bond acceptors (Lipinski definition) is 9. The number of thiol groups is 1. The number of carbonyl (C=O) groups excluding carboxylic acids is 3. The standard InChI is InChI=1S/C18H31N5O9S/c19-6-2-1-3-11(18(31)32)22-16(29)10(4-5-13(24)25)21-17(30)12(8-33)23-15(28)9(20)7-14(26)27/h9-12,33H,1-8,19-20H2,(H,21,30)(H,22,29)(H,23,28)(H,24,25)(H,26,27)(H,31,32). The predicted molar refractivity (Wildman–Crippen MR) is 117 cm³/mol. The summed E-state index contributed by atoms with van der Waals surface area (Å²) < 4.78 is 0. The number of unbranched alkanes of at least 4 members (excludes halogenated alkanes) is 1. The van der Waals surface area contributed by atoms with Crippen LogP contribution in [0.4, 0.5) is 0 Å². The van der Waals surface area contributed by atoms with Gasteiger partial charge in [0, 0.05) is 12.2 Å². The number of hydrogen-bond donors (Lipinski definition) is 9. The first kappa shape index (κ1) is 30.1. The minimum atomic E-state index is -1.44. The van der Waals surface area contributed by atoms with Crippen LogP contribution in [0.25, 0.3) is 0 Å². The molecule has 0 aromatic heterocycles. The Morgan fingerprint density at radius 1 is 0.758 bits per heavy atom. The van der Waals surface area contributed by atoms with Crippen molar-refractivity contribution in [2.75, 3.05) is 12.3 Å². The highest BCUT2D eigenvalue weighted by Crippen LogP contribution is 2.05. The molecule has 0 aliphatic carbocycles. The summed E-state index contributed by atoms with van der Waals surface area (Å²) in [4.78, 5) is 70.2. The van der Waals surface area contributed by atoms with Crippen LogP contribution in [-0.4, -0.2) is 87.4 Å². The molecule has 4 atom stereocenters. The van der Waals surface area contributed by atoms with Crippen molar-refractivity contribution in [2.45, 2.75) is 62.7 Å². The maximum atomic E-state index is 12.6. The third-order valence-electron chi connectivity index (χ3n) is 4.39. The normalized spacial score (nSPS) is 14.3. The van der Waals surface area contributed by atoms with Crippen molar-refractivity contribution in [1.29, 1.82) is 0 Å². The Labute approximate surface area is 195 Å². The SMILES string of the molecule is NCCCCC(NC(=O)C(CCC(=O)O)NC(=O)C(CS)NC(=O)C(N)CC(=O)O)C(=O)O. The number of nitrogens with one attached hydrogen (secondary N) is 3. The highest BCUT2D eigenvalue weighted by atomic mass is 32.1. The van der Waals surface area contributed by atoms with Gasteiger partial charge in [0.05, 0.1) is 12.5 Å². The molecule has 188 valence electrons. The lowest BCUT2D eigenvalue weighted by atomic mass is 10.1. The first-order chi connectivity index (χ1) is 15.4. The van der Waals surface area contributed by atoms with Crippen LogP contribution in [0.2, 0.25) is 0 Å². The van der Waals surface area contributed by atoms with E-state index in [4.69, 9.17) is 21.7 Å². The van der Waals surface area contributed by atoms with Crippen LogP contribution in [0.15, 0.2) is 0 Å². The number of carboxylic acid groups (broad SMARTS) is 3. The lowest BCUT2D eigenvalue weighted by Gasteiger charge is -2.24. The minimum absolute atomic E-state index is 0.0780. The molecule has 0 saturated carbocycles. The monoisotopic (exact) mass is 493 g/mol. The first-order valence-electron chi connectivity index (χ1n) is 10.1. The second kappa shape index (κ2) is 15.8. The van der Waals surface area contributed by atoms with E-state index in [-0.39, 0.29) is 18.6 Å². The van der Waals surface area contributed by atoms with Gasteiger partial charge in [-0.15, -0.1) is 0 Å². The second-order valence-corrected chi connectivity index (χ2v) is 7.49. The molecule has 0 rings (SSSR count). The molecule has 0 saturated heterocycles. The van der Waals surface area contributed by atoms with Gasteiger partial charge in [0.2, 0.25) is 17.7 Å². The van der Waals surface area contributed by atoms with Crippen molar-refractivity contribution < 1.29 is 44.1 Å².